The van der Waals surface area contributed by atoms with Crippen molar-refractivity contribution in [3.63, 3.8) is 0 Å². The SMILES string of the molecule is Cc1ccncc1-c1ccc2nc(C3CCC(C)(N)C(C)C3)ncc2c1.N. The molecule has 0 bridgehead atoms. The summed E-state index contributed by atoms with van der Waals surface area (Å²) in [5, 5.41) is 1.07. The fraction of sp³-hybridized carbons (Fsp3) is 0.409. The quantitative estimate of drug-likeness (QED) is 0.682. The van der Waals surface area contributed by atoms with Crippen LogP contribution in [0, 0.1) is 12.8 Å². The molecule has 1 saturated carbocycles. The maximum absolute atomic E-state index is 6.39. The number of aryl methyl sites for hydroxylation is 1. The van der Waals surface area contributed by atoms with Gasteiger partial charge in [0.15, 0.2) is 0 Å². The van der Waals surface area contributed by atoms with Gasteiger partial charge in [-0.15, -0.1) is 0 Å². The fourth-order valence-electron chi connectivity index (χ4n) is 3.96. The number of nitrogens with two attached hydrogens (primary N) is 1. The summed E-state index contributed by atoms with van der Waals surface area (Å²) in [4.78, 5) is 13.8. The van der Waals surface area contributed by atoms with Crippen LogP contribution in [-0.2, 0) is 0 Å². The molecular formula is C22H29N5. The average molecular weight is 364 g/mol. The van der Waals surface area contributed by atoms with Gasteiger partial charge in [-0.3, -0.25) is 4.98 Å². The molecule has 4 rings (SSSR count). The highest BCUT2D eigenvalue weighted by atomic mass is 14.9. The van der Waals surface area contributed by atoms with E-state index in [0.717, 1.165) is 47.1 Å². The molecule has 3 atom stereocenters. The summed E-state index contributed by atoms with van der Waals surface area (Å²) >= 11 is 0. The number of benzene rings is 1. The van der Waals surface area contributed by atoms with Gasteiger partial charge in [-0.25, -0.2) is 9.97 Å². The lowest BCUT2D eigenvalue weighted by Crippen LogP contribution is -2.46. The third-order valence-corrected chi connectivity index (χ3v) is 6.11. The molecule has 5 N–H and O–H groups in total. The Morgan fingerprint density at radius 2 is 2.00 bits per heavy atom. The van der Waals surface area contributed by atoms with Crippen LogP contribution < -0.4 is 11.9 Å². The van der Waals surface area contributed by atoms with Gasteiger partial charge in [-0.05, 0) is 68.4 Å². The van der Waals surface area contributed by atoms with E-state index in [9.17, 15) is 0 Å². The third kappa shape index (κ3) is 3.70. The Hall–Kier alpha value is -2.37. The van der Waals surface area contributed by atoms with Crippen LogP contribution in [0.4, 0.5) is 0 Å². The Morgan fingerprint density at radius 3 is 2.74 bits per heavy atom. The third-order valence-electron chi connectivity index (χ3n) is 6.11. The van der Waals surface area contributed by atoms with Crippen molar-refractivity contribution < 1.29 is 0 Å². The van der Waals surface area contributed by atoms with Crippen molar-refractivity contribution in [3.8, 4) is 11.1 Å². The van der Waals surface area contributed by atoms with E-state index in [4.69, 9.17) is 15.7 Å². The van der Waals surface area contributed by atoms with E-state index in [1.54, 1.807) is 0 Å². The second-order valence-corrected chi connectivity index (χ2v) is 8.07. The summed E-state index contributed by atoms with van der Waals surface area (Å²) in [5.41, 5.74) is 10.9. The summed E-state index contributed by atoms with van der Waals surface area (Å²) < 4.78 is 0. The Balaban J connectivity index is 0.00000210. The molecule has 2 heterocycles. The number of rotatable bonds is 2. The molecule has 5 heteroatoms. The number of aromatic nitrogens is 3. The van der Waals surface area contributed by atoms with Crippen molar-refractivity contribution >= 4 is 10.9 Å². The lowest BCUT2D eigenvalue weighted by atomic mass is 9.71. The zero-order valence-corrected chi connectivity index (χ0v) is 16.4. The van der Waals surface area contributed by atoms with Crippen LogP contribution in [0.25, 0.3) is 22.0 Å². The molecule has 2 aromatic heterocycles. The topological polar surface area (TPSA) is 99.7 Å². The predicted octanol–water partition coefficient (Wildman–Crippen LogP) is 4.78. The van der Waals surface area contributed by atoms with E-state index in [0.29, 0.717) is 11.8 Å². The first-order chi connectivity index (χ1) is 12.4. The molecule has 1 aliphatic rings. The monoisotopic (exact) mass is 363 g/mol. The van der Waals surface area contributed by atoms with Gasteiger partial charge in [0.25, 0.3) is 0 Å². The molecule has 1 aromatic carbocycles. The van der Waals surface area contributed by atoms with Crippen LogP contribution in [0.1, 0.15) is 50.4 Å². The van der Waals surface area contributed by atoms with E-state index < -0.39 is 0 Å². The molecular weight excluding hydrogens is 334 g/mol. The van der Waals surface area contributed by atoms with Crippen molar-refractivity contribution in [3.05, 3.63) is 54.2 Å². The minimum atomic E-state index is -0.0656. The van der Waals surface area contributed by atoms with Crippen molar-refractivity contribution in [1.82, 2.24) is 21.1 Å². The van der Waals surface area contributed by atoms with Crippen molar-refractivity contribution in [2.24, 2.45) is 11.7 Å². The Bertz CT molecular complexity index is 950. The van der Waals surface area contributed by atoms with Crippen molar-refractivity contribution in [2.75, 3.05) is 0 Å². The van der Waals surface area contributed by atoms with Crippen LogP contribution in [0.15, 0.2) is 42.9 Å². The molecule has 3 aromatic rings. The summed E-state index contributed by atoms with van der Waals surface area (Å²) in [6.07, 6.45) is 8.86. The molecule has 0 aliphatic heterocycles. The molecule has 0 spiro atoms. The van der Waals surface area contributed by atoms with Gasteiger partial charge < -0.3 is 11.9 Å². The average Bonchev–Trinajstić information content (AvgIpc) is 2.63. The first-order valence-corrected chi connectivity index (χ1v) is 9.40. The van der Waals surface area contributed by atoms with Gasteiger partial charge in [0.1, 0.15) is 5.82 Å². The minimum Gasteiger partial charge on any atom is -0.344 e. The minimum absolute atomic E-state index is 0. The number of fused-ring (bicyclic) bond motifs is 1. The van der Waals surface area contributed by atoms with Gasteiger partial charge in [0.05, 0.1) is 5.52 Å². The molecule has 1 aliphatic carbocycles. The Labute approximate surface area is 161 Å². The summed E-state index contributed by atoms with van der Waals surface area (Å²) in [5.74, 6) is 1.85. The number of nitrogens with zero attached hydrogens (tertiary/aromatic N) is 3. The molecule has 0 radical (unpaired) electrons. The lowest BCUT2D eigenvalue weighted by molar-refractivity contribution is 0.202. The van der Waals surface area contributed by atoms with Crippen LogP contribution in [0.3, 0.4) is 0 Å². The van der Waals surface area contributed by atoms with Crippen molar-refractivity contribution in [1.29, 1.82) is 0 Å². The van der Waals surface area contributed by atoms with Gasteiger partial charge in [-0.1, -0.05) is 13.0 Å². The van der Waals surface area contributed by atoms with E-state index in [-0.39, 0.29) is 11.7 Å². The molecule has 1 fully saturated rings. The van der Waals surface area contributed by atoms with E-state index >= 15 is 0 Å². The largest absolute Gasteiger partial charge is 0.344 e. The van der Waals surface area contributed by atoms with E-state index in [1.165, 1.54) is 5.56 Å². The number of hydrogen-bond donors (Lipinski definition) is 2. The fourth-order valence-corrected chi connectivity index (χ4v) is 3.96. The van der Waals surface area contributed by atoms with Crippen LogP contribution in [0.2, 0.25) is 0 Å². The molecule has 3 unspecified atom stereocenters. The zero-order valence-electron chi connectivity index (χ0n) is 16.4. The standard InChI is InChI=1S/C22H26N4.H3N/c1-14-7-9-24-13-19(14)16-4-5-20-18(11-16)12-25-21(26-20)17-6-8-22(3,23)15(2)10-17;/h4-5,7,9,11-13,15,17H,6,8,10,23H2,1-3H3;1H3. The first kappa shape index (κ1) is 19.4. The molecule has 27 heavy (non-hydrogen) atoms. The maximum atomic E-state index is 6.39. The highest BCUT2D eigenvalue weighted by Crippen LogP contribution is 2.39. The van der Waals surface area contributed by atoms with Gasteiger partial charge >= 0.3 is 0 Å². The van der Waals surface area contributed by atoms with Gasteiger partial charge in [0, 0.05) is 41.0 Å². The van der Waals surface area contributed by atoms with Crippen LogP contribution >= 0.6 is 0 Å². The van der Waals surface area contributed by atoms with E-state index in [2.05, 4.69) is 44.0 Å². The number of pyridine rings is 1. The summed E-state index contributed by atoms with van der Waals surface area (Å²) in [7, 11) is 0. The summed E-state index contributed by atoms with van der Waals surface area (Å²) in [6, 6.07) is 8.42. The highest BCUT2D eigenvalue weighted by molar-refractivity contribution is 5.84. The second-order valence-electron chi connectivity index (χ2n) is 8.07. The smallest absolute Gasteiger partial charge is 0.132 e. The zero-order chi connectivity index (χ0) is 18.3. The first-order valence-electron chi connectivity index (χ1n) is 9.40. The Kier molecular flexibility index (Phi) is 5.27. The van der Waals surface area contributed by atoms with Gasteiger partial charge in [-0.2, -0.15) is 0 Å². The Morgan fingerprint density at radius 1 is 1.19 bits per heavy atom. The van der Waals surface area contributed by atoms with Gasteiger partial charge in [0.2, 0.25) is 0 Å². The second kappa shape index (κ2) is 7.33. The maximum Gasteiger partial charge on any atom is 0.132 e. The summed E-state index contributed by atoms with van der Waals surface area (Å²) in [6.45, 7) is 6.52. The lowest BCUT2D eigenvalue weighted by Gasteiger charge is -2.39. The molecule has 0 amide bonds. The highest BCUT2D eigenvalue weighted by Gasteiger charge is 2.35. The van der Waals surface area contributed by atoms with Crippen LogP contribution in [0.5, 0.6) is 0 Å². The van der Waals surface area contributed by atoms with Crippen molar-refractivity contribution in [2.45, 2.75) is 51.5 Å². The molecule has 5 nitrogen and oxygen atoms in total. The number of hydrogen-bond acceptors (Lipinski definition) is 5. The molecule has 142 valence electrons. The van der Waals surface area contributed by atoms with E-state index in [1.807, 2.05) is 24.7 Å². The normalized spacial score (nSPS) is 25.2. The molecule has 0 saturated heterocycles. The van der Waals surface area contributed by atoms with Crippen LogP contribution in [-0.4, -0.2) is 20.5 Å². The predicted molar refractivity (Wildman–Crippen MR) is 111 cm³/mol.